The Labute approximate surface area is 173 Å². The molecule has 0 spiro atoms. The number of carbonyl (C=O) groups excluding carboxylic acids is 1. The third kappa shape index (κ3) is 8.68. The van der Waals surface area contributed by atoms with Gasteiger partial charge in [0.2, 0.25) is 0 Å². The molecule has 0 fully saturated rings. The van der Waals surface area contributed by atoms with Crippen LogP contribution in [-0.4, -0.2) is 26.8 Å². The Bertz CT molecular complexity index is 642. The monoisotopic (exact) mass is 402 g/mol. The van der Waals surface area contributed by atoms with Gasteiger partial charge in [0.15, 0.2) is 14.1 Å². The van der Waals surface area contributed by atoms with Gasteiger partial charge in [-0.1, -0.05) is 63.8 Å². The van der Waals surface area contributed by atoms with Gasteiger partial charge in [-0.15, -0.1) is 0 Å². The third-order valence-electron chi connectivity index (χ3n) is 5.53. The third-order valence-corrected chi connectivity index (χ3v) is 10.1. The minimum atomic E-state index is -1.72. The molecule has 0 radical (unpaired) electrons. The summed E-state index contributed by atoms with van der Waals surface area (Å²) in [6.07, 6.45) is 5.52. The maximum Gasteiger partial charge on any atom is 0.191 e. The molecule has 156 valence electrons. The van der Waals surface area contributed by atoms with E-state index < -0.39 is 8.32 Å². The maximum absolute atomic E-state index is 11.6. The van der Waals surface area contributed by atoms with Gasteiger partial charge < -0.3 is 9.16 Å². The van der Waals surface area contributed by atoms with Crippen molar-refractivity contribution >= 4 is 14.1 Å². The van der Waals surface area contributed by atoms with E-state index in [2.05, 4.69) is 52.6 Å². The SMILES string of the molecule is C=CC(=O)C/C=C(\C)[C@@H](CCCO[Si](C)(C)C(C)(C)C)OCc1ccccc1. The van der Waals surface area contributed by atoms with Crippen LogP contribution in [0.15, 0.2) is 54.6 Å². The Morgan fingerprint density at radius 3 is 2.43 bits per heavy atom. The quantitative estimate of drug-likeness (QED) is 0.174. The first kappa shape index (κ1) is 24.5. The smallest absolute Gasteiger partial charge is 0.191 e. The molecule has 1 aromatic carbocycles. The van der Waals surface area contributed by atoms with E-state index in [4.69, 9.17) is 9.16 Å². The zero-order chi connectivity index (χ0) is 21.2. The first-order chi connectivity index (χ1) is 13.1. The Morgan fingerprint density at radius 1 is 1.21 bits per heavy atom. The number of hydrogen-bond donors (Lipinski definition) is 0. The van der Waals surface area contributed by atoms with Crippen LogP contribution in [0.25, 0.3) is 0 Å². The molecule has 0 aliphatic heterocycles. The molecule has 0 bridgehead atoms. The molecule has 0 saturated carbocycles. The fraction of sp³-hybridized carbons (Fsp3) is 0.542. The van der Waals surface area contributed by atoms with Crippen molar-refractivity contribution in [3.8, 4) is 0 Å². The average Bonchev–Trinajstić information content (AvgIpc) is 2.65. The van der Waals surface area contributed by atoms with Crippen LogP contribution in [-0.2, 0) is 20.6 Å². The Balaban J connectivity index is 2.66. The number of allylic oxidation sites excluding steroid dienone is 2. The van der Waals surface area contributed by atoms with Gasteiger partial charge >= 0.3 is 0 Å². The Kier molecular flexibility index (Phi) is 10.1. The van der Waals surface area contributed by atoms with Gasteiger partial charge in [0, 0.05) is 13.0 Å². The largest absolute Gasteiger partial charge is 0.417 e. The van der Waals surface area contributed by atoms with Crippen LogP contribution in [0.4, 0.5) is 0 Å². The number of rotatable bonds is 12. The summed E-state index contributed by atoms with van der Waals surface area (Å²) in [4.78, 5) is 11.6. The molecule has 0 aliphatic carbocycles. The highest BCUT2D eigenvalue weighted by Gasteiger charge is 2.36. The molecule has 0 unspecified atom stereocenters. The number of carbonyl (C=O) groups is 1. The van der Waals surface area contributed by atoms with Crippen molar-refractivity contribution in [3.05, 3.63) is 60.2 Å². The van der Waals surface area contributed by atoms with E-state index in [9.17, 15) is 4.79 Å². The summed E-state index contributed by atoms with van der Waals surface area (Å²) in [6.45, 7) is 18.2. The van der Waals surface area contributed by atoms with Gasteiger partial charge in [-0.25, -0.2) is 0 Å². The van der Waals surface area contributed by atoms with E-state index >= 15 is 0 Å². The van der Waals surface area contributed by atoms with Gasteiger partial charge in [0.25, 0.3) is 0 Å². The molecular weight excluding hydrogens is 364 g/mol. The molecule has 0 aromatic heterocycles. The zero-order valence-electron chi connectivity index (χ0n) is 18.6. The Morgan fingerprint density at radius 2 is 1.86 bits per heavy atom. The van der Waals surface area contributed by atoms with Crippen molar-refractivity contribution in [2.45, 2.75) is 77.8 Å². The summed E-state index contributed by atoms with van der Waals surface area (Å²) in [5.74, 6) is 0.0300. The molecule has 4 heteroatoms. The number of benzene rings is 1. The van der Waals surface area contributed by atoms with Crippen LogP contribution >= 0.6 is 0 Å². The molecule has 0 N–H and O–H groups in total. The minimum Gasteiger partial charge on any atom is -0.417 e. The van der Waals surface area contributed by atoms with Gasteiger partial charge in [-0.05, 0) is 55.1 Å². The maximum atomic E-state index is 11.6. The number of ketones is 1. The molecule has 0 saturated heterocycles. The lowest BCUT2D eigenvalue weighted by molar-refractivity contribution is -0.113. The normalized spacial score (nSPS) is 14.0. The highest BCUT2D eigenvalue weighted by Crippen LogP contribution is 2.36. The molecule has 0 amide bonds. The molecule has 1 atom stereocenters. The number of ether oxygens (including phenoxy) is 1. The van der Waals surface area contributed by atoms with Crippen LogP contribution in [0.1, 0.15) is 52.5 Å². The van der Waals surface area contributed by atoms with E-state index in [0.29, 0.717) is 13.0 Å². The molecule has 0 aliphatic rings. The summed E-state index contributed by atoms with van der Waals surface area (Å²) in [6, 6.07) is 10.2. The summed E-state index contributed by atoms with van der Waals surface area (Å²) >= 11 is 0. The molecular formula is C24H38O3Si. The lowest BCUT2D eigenvalue weighted by Gasteiger charge is -2.36. The predicted octanol–water partition coefficient (Wildman–Crippen LogP) is 6.47. The topological polar surface area (TPSA) is 35.5 Å². The van der Waals surface area contributed by atoms with Crippen molar-refractivity contribution in [2.75, 3.05) is 6.61 Å². The second-order valence-corrected chi connectivity index (χ2v) is 13.7. The van der Waals surface area contributed by atoms with Crippen LogP contribution in [0.2, 0.25) is 18.1 Å². The molecule has 28 heavy (non-hydrogen) atoms. The van der Waals surface area contributed by atoms with Gasteiger partial charge in [0.1, 0.15) is 0 Å². The van der Waals surface area contributed by atoms with Crippen molar-refractivity contribution < 1.29 is 14.0 Å². The van der Waals surface area contributed by atoms with E-state index in [1.54, 1.807) is 0 Å². The van der Waals surface area contributed by atoms with E-state index in [-0.39, 0.29) is 16.9 Å². The van der Waals surface area contributed by atoms with Crippen LogP contribution in [0, 0.1) is 0 Å². The summed E-state index contributed by atoms with van der Waals surface area (Å²) in [7, 11) is -1.72. The molecule has 3 nitrogen and oxygen atoms in total. The van der Waals surface area contributed by atoms with Gasteiger partial charge in [-0.2, -0.15) is 0 Å². The standard InChI is InChI=1S/C24H38O3Si/c1-8-22(25)17-16-20(2)23(26-19-21-13-10-9-11-14-21)15-12-18-27-28(6,7)24(3,4)5/h8-11,13-14,16,23H,1,12,15,17-19H2,2-7H3/b20-16+/t23-/m1/s1. The highest BCUT2D eigenvalue weighted by molar-refractivity contribution is 6.74. The molecule has 0 heterocycles. The summed E-state index contributed by atoms with van der Waals surface area (Å²) < 4.78 is 12.5. The van der Waals surface area contributed by atoms with Crippen LogP contribution in [0.3, 0.4) is 0 Å². The highest BCUT2D eigenvalue weighted by atomic mass is 28.4. The first-order valence-electron chi connectivity index (χ1n) is 10.2. The van der Waals surface area contributed by atoms with E-state index in [0.717, 1.165) is 30.6 Å². The van der Waals surface area contributed by atoms with Crippen molar-refractivity contribution in [3.63, 3.8) is 0 Å². The summed E-state index contributed by atoms with van der Waals surface area (Å²) in [5.41, 5.74) is 2.25. The zero-order valence-corrected chi connectivity index (χ0v) is 19.6. The second-order valence-electron chi connectivity index (χ2n) is 8.86. The molecule has 1 aromatic rings. The fourth-order valence-corrected chi connectivity index (χ4v) is 3.59. The van der Waals surface area contributed by atoms with Gasteiger partial charge in [-0.3, -0.25) is 4.79 Å². The minimum absolute atomic E-state index is 0.0131. The van der Waals surface area contributed by atoms with Crippen molar-refractivity contribution in [1.82, 2.24) is 0 Å². The molecule has 1 rings (SSSR count). The number of hydrogen-bond acceptors (Lipinski definition) is 3. The van der Waals surface area contributed by atoms with Gasteiger partial charge in [0.05, 0.1) is 12.7 Å². The van der Waals surface area contributed by atoms with Crippen molar-refractivity contribution in [1.29, 1.82) is 0 Å². The average molecular weight is 403 g/mol. The lowest BCUT2D eigenvalue weighted by atomic mass is 10.0. The summed E-state index contributed by atoms with van der Waals surface area (Å²) in [5, 5.41) is 0.219. The lowest BCUT2D eigenvalue weighted by Crippen LogP contribution is -2.41. The predicted molar refractivity (Wildman–Crippen MR) is 121 cm³/mol. The van der Waals surface area contributed by atoms with E-state index in [1.165, 1.54) is 6.08 Å². The van der Waals surface area contributed by atoms with Crippen LogP contribution < -0.4 is 0 Å². The van der Waals surface area contributed by atoms with Crippen LogP contribution in [0.5, 0.6) is 0 Å². The fourth-order valence-electron chi connectivity index (χ4n) is 2.50. The Hall–Kier alpha value is -1.49. The van der Waals surface area contributed by atoms with Crippen molar-refractivity contribution in [2.24, 2.45) is 0 Å². The second kappa shape index (κ2) is 11.5. The first-order valence-corrected chi connectivity index (χ1v) is 13.1. The van der Waals surface area contributed by atoms with E-state index in [1.807, 2.05) is 31.2 Å².